The number of hydrogen-bond donors (Lipinski definition) is 1. The van der Waals surface area contributed by atoms with E-state index in [4.69, 9.17) is 10.5 Å². The SMILES string of the molecule is CCC(C(N)c1ccccc1)N(C)CC1CCCCO1. The van der Waals surface area contributed by atoms with E-state index in [2.05, 4.69) is 43.1 Å². The van der Waals surface area contributed by atoms with Gasteiger partial charge in [0.05, 0.1) is 6.10 Å². The Morgan fingerprint density at radius 2 is 2.05 bits per heavy atom. The lowest BCUT2D eigenvalue weighted by Crippen LogP contribution is -2.44. The summed E-state index contributed by atoms with van der Waals surface area (Å²) in [5.74, 6) is 0. The van der Waals surface area contributed by atoms with Crippen LogP contribution < -0.4 is 5.73 Å². The smallest absolute Gasteiger partial charge is 0.0702 e. The quantitative estimate of drug-likeness (QED) is 0.868. The Morgan fingerprint density at radius 1 is 1.30 bits per heavy atom. The lowest BCUT2D eigenvalue weighted by Gasteiger charge is -2.35. The first kappa shape index (κ1) is 15.5. The fourth-order valence-corrected chi connectivity index (χ4v) is 3.15. The van der Waals surface area contributed by atoms with Gasteiger partial charge in [0.2, 0.25) is 0 Å². The second-order valence-electron chi connectivity index (χ2n) is 5.84. The first-order valence-electron chi connectivity index (χ1n) is 7.84. The highest BCUT2D eigenvalue weighted by Crippen LogP contribution is 2.22. The van der Waals surface area contributed by atoms with Gasteiger partial charge in [-0.1, -0.05) is 37.3 Å². The summed E-state index contributed by atoms with van der Waals surface area (Å²) < 4.78 is 5.85. The molecule has 1 aromatic rings. The Morgan fingerprint density at radius 3 is 2.65 bits per heavy atom. The molecule has 1 aliphatic rings. The zero-order chi connectivity index (χ0) is 14.4. The van der Waals surface area contributed by atoms with E-state index in [0.717, 1.165) is 19.6 Å². The minimum Gasteiger partial charge on any atom is -0.377 e. The van der Waals surface area contributed by atoms with Crippen LogP contribution >= 0.6 is 0 Å². The molecular formula is C17H28N2O. The van der Waals surface area contributed by atoms with Gasteiger partial charge in [0, 0.05) is 25.2 Å². The predicted octanol–water partition coefficient (Wildman–Crippen LogP) is 2.97. The van der Waals surface area contributed by atoms with Crippen molar-refractivity contribution in [2.24, 2.45) is 5.73 Å². The van der Waals surface area contributed by atoms with Crippen LogP contribution in [0.5, 0.6) is 0 Å². The summed E-state index contributed by atoms with van der Waals surface area (Å²) in [6.45, 7) is 4.12. The zero-order valence-corrected chi connectivity index (χ0v) is 12.8. The summed E-state index contributed by atoms with van der Waals surface area (Å²) in [6.07, 6.45) is 5.12. The van der Waals surface area contributed by atoms with Crippen LogP contribution in [0.4, 0.5) is 0 Å². The van der Waals surface area contributed by atoms with Crippen molar-refractivity contribution in [3.8, 4) is 0 Å². The van der Waals surface area contributed by atoms with Gasteiger partial charge in [0.15, 0.2) is 0 Å². The van der Waals surface area contributed by atoms with Crippen molar-refractivity contribution in [1.29, 1.82) is 0 Å². The van der Waals surface area contributed by atoms with Crippen molar-refractivity contribution in [3.63, 3.8) is 0 Å². The maximum Gasteiger partial charge on any atom is 0.0702 e. The van der Waals surface area contributed by atoms with Crippen molar-refractivity contribution >= 4 is 0 Å². The van der Waals surface area contributed by atoms with Gasteiger partial charge in [0.25, 0.3) is 0 Å². The van der Waals surface area contributed by atoms with Crippen LogP contribution in [-0.4, -0.2) is 37.2 Å². The molecule has 1 aromatic carbocycles. The van der Waals surface area contributed by atoms with E-state index >= 15 is 0 Å². The second-order valence-corrected chi connectivity index (χ2v) is 5.84. The lowest BCUT2D eigenvalue weighted by atomic mass is 9.96. The minimum atomic E-state index is 0.0646. The van der Waals surface area contributed by atoms with Gasteiger partial charge in [-0.2, -0.15) is 0 Å². The fraction of sp³-hybridized carbons (Fsp3) is 0.647. The van der Waals surface area contributed by atoms with Gasteiger partial charge in [-0.15, -0.1) is 0 Å². The Balaban J connectivity index is 1.95. The maximum absolute atomic E-state index is 6.47. The van der Waals surface area contributed by atoms with E-state index in [0.29, 0.717) is 12.1 Å². The molecule has 3 unspecified atom stereocenters. The van der Waals surface area contributed by atoms with E-state index in [-0.39, 0.29) is 6.04 Å². The van der Waals surface area contributed by atoms with Gasteiger partial charge in [-0.25, -0.2) is 0 Å². The van der Waals surface area contributed by atoms with Gasteiger partial charge in [-0.05, 0) is 38.3 Å². The van der Waals surface area contributed by atoms with Gasteiger partial charge >= 0.3 is 0 Å². The molecule has 2 rings (SSSR count). The molecule has 0 amide bonds. The standard InChI is InChI=1S/C17H28N2O/c1-3-16(17(18)14-9-5-4-6-10-14)19(2)13-15-11-7-8-12-20-15/h4-6,9-10,15-17H,3,7-8,11-13,18H2,1-2H3. The average Bonchev–Trinajstić information content (AvgIpc) is 2.49. The number of nitrogens with zero attached hydrogens (tertiary/aromatic N) is 1. The largest absolute Gasteiger partial charge is 0.377 e. The van der Waals surface area contributed by atoms with Gasteiger partial charge < -0.3 is 10.5 Å². The monoisotopic (exact) mass is 276 g/mol. The topological polar surface area (TPSA) is 38.5 Å². The fourth-order valence-electron chi connectivity index (χ4n) is 3.15. The van der Waals surface area contributed by atoms with Gasteiger partial charge in [-0.3, -0.25) is 4.90 Å². The van der Waals surface area contributed by atoms with E-state index in [1.165, 1.54) is 24.8 Å². The molecule has 3 heteroatoms. The highest BCUT2D eigenvalue weighted by atomic mass is 16.5. The molecule has 0 bridgehead atoms. The molecule has 3 nitrogen and oxygen atoms in total. The Kier molecular flexibility index (Phi) is 6.02. The highest BCUT2D eigenvalue weighted by molar-refractivity contribution is 5.20. The Hall–Kier alpha value is -0.900. The summed E-state index contributed by atoms with van der Waals surface area (Å²) in [4.78, 5) is 2.38. The summed E-state index contributed by atoms with van der Waals surface area (Å²) >= 11 is 0. The molecule has 1 saturated heterocycles. The molecule has 20 heavy (non-hydrogen) atoms. The third-order valence-electron chi connectivity index (χ3n) is 4.35. The number of hydrogen-bond acceptors (Lipinski definition) is 3. The zero-order valence-electron chi connectivity index (χ0n) is 12.8. The van der Waals surface area contributed by atoms with Crippen LogP contribution in [-0.2, 0) is 4.74 Å². The molecule has 0 radical (unpaired) electrons. The number of benzene rings is 1. The first-order chi connectivity index (χ1) is 9.72. The second kappa shape index (κ2) is 7.77. The lowest BCUT2D eigenvalue weighted by molar-refractivity contribution is -0.0104. The van der Waals surface area contributed by atoms with Crippen LogP contribution in [0, 0.1) is 0 Å². The summed E-state index contributed by atoms with van der Waals surface area (Å²) in [5.41, 5.74) is 7.69. The molecule has 0 aromatic heterocycles. The molecule has 1 aliphatic heterocycles. The van der Waals surface area contributed by atoms with E-state index < -0.39 is 0 Å². The molecule has 0 saturated carbocycles. The normalized spacial score (nSPS) is 22.7. The summed E-state index contributed by atoms with van der Waals surface area (Å²) in [6, 6.07) is 10.8. The first-order valence-corrected chi connectivity index (χ1v) is 7.84. The molecule has 0 spiro atoms. The Bertz CT molecular complexity index is 376. The van der Waals surface area contributed by atoms with Crippen molar-refractivity contribution in [3.05, 3.63) is 35.9 Å². The molecule has 2 N–H and O–H groups in total. The highest BCUT2D eigenvalue weighted by Gasteiger charge is 2.25. The van der Waals surface area contributed by atoms with Crippen molar-refractivity contribution in [2.45, 2.75) is 50.8 Å². The van der Waals surface area contributed by atoms with Crippen molar-refractivity contribution in [1.82, 2.24) is 4.90 Å². The van der Waals surface area contributed by atoms with Crippen LogP contribution in [0.3, 0.4) is 0 Å². The van der Waals surface area contributed by atoms with E-state index in [1.807, 2.05) is 6.07 Å². The number of rotatable bonds is 6. The van der Waals surface area contributed by atoms with Crippen molar-refractivity contribution < 1.29 is 4.74 Å². The van der Waals surface area contributed by atoms with Crippen molar-refractivity contribution in [2.75, 3.05) is 20.2 Å². The summed E-state index contributed by atoms with van der Waals surface area (Å²) in [5, 5.41) is 0. The number of likely N-dealkylation sites (N-methyl/N-ethyl adjacent to an activating group) is 1. The molecule has 0 aliphatic carbocycles. The van der Waals surface area contributed by atoms with Gasteiger partial charge in [0.1, 0.15) is 0 Å². The molecule has 3 atom stereocenters. The van der Waals surface area contributed by atoms with E-state index in [1.54, 1.807) is 0 Å². The average molecular weight is 276 g/mol. The summed E-state index contributed by atoms with van der Waals surface area (Å²) in [7, 11) is 2.18. The molecule has 1 fully saturated rings. The predicted molar refractivity (Wildman–Crippen MR) is 83.7 cm³/mol. The third kappa shape index (κ3) is 4.05. The van der Waals surface area contributed by atoms with Crippen LogP contribution in [0.1, 0.15) is 44.2 Å². The molecule has 112 valence electrons. The van der Waals surface area contributed by atoms with Crippen LogP contribution in [0.2, 0.25) is 0 Å². The van der Waals surface area contributed by atoms with Crippen LogP contribution in [0.15, 0.2) is 30.3 Å². The minimum absolute atomic E-state index is 0.0646. The molecular weight excluding hydrogens is 248 g/mol. The third-order valence-corrected chi connectivity index (χ3v) is 4.35. The number of nitrogens with two attached hydrogens (primary N) is 1. The van der Waals surface area contributed by atoms with Crippen LogP contribution in [0.25, 0.3) is 0 Å². The maximum atomic E-state index is 6.47. The number of ether oxygens (including phenoxy) is 1. The Labute approximate surface area is 123 Å². The molecule has 1 heterocycles. The van der Waals surface area contributed by atoms with E-state index in [9.17, 15) is 0 Å².